The number of hydrogen-bond acceptors (Lipinski definition) is 4. The third-order valence-electron chi connectivity index (χ3n) is 1.80. The number of halogens is 3. The molecule has 0 fully saturated rings. The molecule has 0 bridgehead atoms. The average Bonchev–Trinajstić information content (AvgIpc) is 2.24. The van der Waals surface area contributed by atoms with Gasteiger partial charge in [0.1, 0.15) is 11.3 Å². The van der Waals surface area contributed by atoms with Crippen LogP contribution in [-0.4, -0.2) is 25.9 Å². The SMILES string of the molecule is COC(=O)c1ccc(N)cc1OCC(F)(F)F. The van der Waals surface area contributed by atoms with E-state index in [-0.39, 0.29) is 17.0 Å². The van der Waals surface area contributed by atoms with Crippen molar-refractivity contribution in [1.82, 2.24) is 0 Å². The molecule has 0 saturated heterocycles. The molecule has 0 spiro atoms. The van der Waals surface area contributed by atoms with Crippen LogP contribution in [0.25, 0.3) is 0 Å². The van der Waals surface area contributed by atoms with Crippen molar-refractivity contribution in [3.63, 3.8) is 0 Å². The predicted molar refractivity (Wildman–Crippen MR) is 53.7 cm³/mol. The summed E-state index contributed by atoms with van der Waals surface area (Å²) in [6, 6.07) is 3.75. The van der Waals surface area contributed by atoms with Gasteiger partial charge in [0.05, 0.1) is 7.11 Å². The van der Waals surface area contributed by atoms with E-state index in [0.29, 0.717) is 0 Å². The summed E-state index contributed by atoms with van der Waals surface area (Å²) in [5.74, 6) is -1.05. The maximum atomic E-state index is 12.0. The minimum absolute atomic E-state index is 0.106. The minimum atomic E-state index is -4.49. The van der Waals surface area contributed by atoms with Crippen molar-refractivity contribution in [2.75, 3.05) is 19.5 Å². The van der Waals surface area contributed by atoms with Crippen LogP contribution in [0.3, 0.4) is 0 Å². The number of benzene rings is 1. The van der Waals surface area contributed by atoms with E-state index in [1.54, 1.807) is 0 Å². The summed E-state index contributed by atoms with van der Waals surface area (Å²) in [7, 11) is 1.12. The normalized spacial score (nSPS) is 11.1. The predicted octanol–water partition coefficient (Wildman–Crippen LogP) is 2.00. The third kappa shape index (κ3) is 3.86. The molecule has 1 aromatic rings. The Labute approximate surface area is 95.1 Å². The van der Waals surface area contributed by atoms with Crippen molar-refractivity contribution in [3.05, 3.63) is 23.8 Å². The Hall–Kier alpha value is -1.92. The zero-order chi connectivity index (χ0) is 13.1. The number of alkyl halides is 3. The number of nitrogen functional groups attached to an aromatic ring is 1. The molecule has 0 amide bonds. The number of rotatable bonds is 3. The molecule has 7 heteroatoms. The Balaban J connectivity index is 2.95. The molecule has 0 heterocycles. The second kappa shape index (κ2) is 4.94. The van der Waals surface area contributed by atoms with Crippen LogP contribution in [0.2, 0.25) is 0 Å². The van der Waals surface area contributed by atoms with Crippen molar-refractivity contribution in [1.29, 1.82) is 0 Å². The summed E-state index contributed by atoms with van der Waals surface area (Å²) in [5, 5.41) is 0. The first kappa shape index (κ1) is 13.1. The highest BCUT2D eigenvalue weighted by molar-refractivity contribution is 5.93. The van der Waals surface area contributed by atoms with Crippen molar-refractivity contribution in [2.45, 2.75) is 6.18 Å². The summed E-state index contributed by atoms with van der Waals surface area (Å²) in [4.78, 5) is 11.2. The van der Waals surface area contributed by atoms with E-state index in [9.17, 15) is 18.0 Å². The average molecular weight is 249 g/mol. The van der Waals surface area contributed by atoms with E-state index in [1.165, 1.54) is 12.1 Å². The van der Waals surface area contributed by atoms with Gasteiger partial charge in [-0.2, -0.15) is 13.2 Å². The highest BCUT2D eigenvalue weighted by atomic mass is 19.4. The summed E-state index contributed by atoms with van der Waals surface area (Å²) in [5.41, 5.74) is 5.48. The van der Waals surface area contributed by atoms with E-state index in [4.69, 9.17) is 5.73 Å². The van der Waals surface area contributed by atoms with Gasteiger partial charge in [-0.25, -0.2) is 4.79 Å². The highest BCUT2D eigenvalue weighted by Gasteiger charge is 2.29. The van der Waals surface area contributed by atoms with Crippen LogP contribution in [0.5, 0.6) is 5.75 Å². The molecule has 4 nitrogen and oxygen atoms in total. The Morgan fingerprint density at radius 1 is 1.41 bits per heavy atom. The molecular weight excluding hydrogens is 239 g/mol. The number of methoxy groups -OCH3 is 1. The quantitative estimate of drug-likeness (QED) is 0.657. The first-order valence-corrected chi connectivity index (χ1v) is 4.51. The van der Waals surface area contributed by atoms with Gasteiger partial charge in [0.25, 0.3) is 0 Å². The molecule has 0 saturated carbocycles. The Bertz CT molecular complexity index is 418. The lowest BCUT2D eigenvalue weighted by atomic mass is 10.2. The van der Waals surface area contributed by atoms with Crippen LogP contribution in [0.15, 0.2) is 18.2 Å². The zero-order valence-corrected chi connectivity index (χ0v) is 8.88. The van der Waals surface area contributed by atoms with E-state index in [0.717, 1.165) is 13.2 Å². The number of hydrogen-bond donors (Lipinski definition) is 1. The number of nitrogens with two attached hydrogens (primary N) is 1. The van der Waals surface area contributed by atoms with Gasteiger partial charge < -0.3 is 15.2 Å². The molecular formula is C10H10F3NO3. The standard InChI is InChI=1S/C10H10F3NO3/c1-16-9(15)7-3-2-6(14)4-8(7)17-5-10(11,12)13/h2-4H,5,14H2,1H3. The van der Waals surface area contributed by atoms with Crippen LogP contribution in [0, 0.1) is 0 Å². The molecule has 2 N–H and O–H groups in total. The van der Waals surface area contributed by atoms with Gasteiger partial charge in [-0.1, -0.05) is 0 Å². The zero-order valence-electron chi connectivity index (χ0n) is 8.88. The van der Waals surface area contributed by atoms with Crippen LogP contribution >= 0.6 is 0 Å². The van der Waals surface area contributed by atoms with E-state index in [2.05, 4.69) is 9.47 Å². The van der Waals surface area contributed by atoms with Gasteiger partial charge in [0, 0.05) is 11.8 Å². The first-order valence-electron chi connectivity index (χ1n) is 4.51. The topological polar surface area (TPSA) is 61.5 Å². The smallest absolute Gasteiger partial charge is 0.422 e. The second-order valence-corrected chi connectivity index (χ2v) is 3.15. The summed E-state index contributed by atoms with van der Waals surface area (Å²) in [6.45, 7) is -1.50. The van der Waals surface area contributed by atoms with Crippen molar-refractivity contribution in [2.24, 2.45) is 0 Å². The minimum Gasteiger partial charge on any atom is -0.483 e. The highest BCUT2D eigenvalue weighted by Crippen LogP contribution is 2.25. The molecule has 0 aliphatic rings. The second-order valence-electron chi connectivity index (χ2n) is 3.15. The maximum Gasteiger partial charge on any atom is 0.422 e. The molecule has 0 aromatic heterocycles. The summed E-state index contributed by atoms with van der Waals surface area (Å²) >= 11 is 0. The lowest BCUT2D eigenvalue weighted by molar-refractivity contribution is -0.153. The summed E-state index contributed by atoms with van der Waals surface area (Å²) < 4.78 is 44.9. The number of carbonyl (C=O) groups is 1. The first-order chi connectivity index (χ1) is 7.83. The molecule has 0 aliphatic carbocycles. The van der Waals surface area contributed by atoms with E-state index >= 15 is 0 Å². The van der Waals surface area contributed by atoms with Gasteiger partial charge in [-0.15, -0.1) is 0 Å². The largest absolute Gasteiger partial charge is 0.483 e. The van der Waals surface area contributed by atoms with Gasteiger partial charge in [0.2, 0.25) is 0 Å². The number of ether oxygens (including phenoxy) is 2. The van der Waals surface area contributed by atoms with Crippen LogP contribution in [0.1, 0.15) is 10.4 Å². The fourth-order valence-corrected chi connectivity index (χ4v) is 1.10. The van der Waals surface area contributed by atoms with Crippen LogP contribution < -0.4 is 10.5 Å². The van der Waals surface area contributed by atoms with Gasteiger partial charge in [-0.3, -0.25) is 0 Å². The maximum absolute atomic E-state index is 12.0. The fourth-order valence-electron chi connectivity index (χ4n) is 1.10. The third-order valence-corrected chi connectivity index (χ3v) is 1.80. The molecule has 94 valence electrons. The van der Waals surface area contributed by atoms with Crippen molar-refractivity contribution in [3.8, 4) is 5.75 Å². The van der Waals surface area contributed by atoms with Crippen LogP contribution in [0.4, 0.5) is 18.9 Å². The Kier molecular flexibility index (Phi) is 3.82. The Morgan fingerprint density at radius 3 is 2.59 bits per heavy atom. The number of esters is 1. The molecule has 1 aromatic carbocycles. The number of anilines is 1. The molecule has 17 heavy (non-hydrogen) atoms. The van der Waals surface area contributed by atoms with E-state index in [1.807, 2.05) is 0 Å². The molecule has 0 unspecified atom stereocenters. The molecule has 0 aliphatic heterocycles. The van der Waals surface area contributed by atoms with Gasteiger partial charge >= 0.3 is 12.1 Å². The molecule has 1 rings (SSSR count). The molecule has 0 radical (unpaired) electrons. The van der Waals surface area contributed by atoms with E-state index < -0.39 is 18.8 Å². The summed E-state index contributed by atoms with van der Waals surface area (Å²) in [6.07, 6.45) is -4.49. The van der Waals surface area contributed by atoms with Crippen LogP contribution in [-0.2, 0) is 4.74 Å². The van der Waals surface area contributed by atoms with Crippen molar-refractivity contribution < 1.29 is 27.4 Å². The lowest BCUT2D eigenvalue weighted by Gasteiger charge is -2.12. The van der Waals surface area contributed by atoms with Crippen molar-refractivity contribution >= 4 is 11.7 Å². The lowest BCUT2D eigenvalue weighted by Crippen LogP contribution is -2.20. The van der Waals surface area contributed by atoms with Gasteiger partial charge in [-0.05, 0) is 12.1 Å². The van der Waals surface area contributed by atoms with Gasteiger partial charge in [0.15, 0.2) is 6.61 Å². The fraction of sp³-hybridized carbons (Fsp3) is 0.300. The Morgan fingerprint density at radius 2 is 2.06 bits per heavy atom. The number of carbonyl (C=O) groups excluding carboxylic acids is 1. The monoisotopic (exact) mass is 249 g/mol. The molecule has 0 atom stereocenters.